The van der Waals surface area contributed by atoms with Crippen molar-refractivity contribution in [1.82, 2.24) is 14.3 Å². The molecule has 0 radical (unpaired) electrons. The molecule has 1 aliphatic rings. The first kappa shape index (κ1) is 13.9. The van der Waals surface area contributed by atoms with Gasteiger partial charge >= 0.3 is 0 Å². The normalized spacial score (nSPS) is 21.8. The van der Waals surface area contributed by atoms with Crippen LogP contribution in [0.2, 0.25) is 0 Å². The lowest BCUT2D eigenvalue weighted by Crippen LogP contribution is -2.46. The minimum Gasteiger partial charge on any atom is -0.313 e. The van der Waals surface area contributed by atoms with Crippen molar-refractivity contribution >= 4 is 10.2 Å². The summed E-state index contributed by atoms with van der Waals surface area (Å²) in [5.41, 5.74) is 0. The Morgan fingerprint density at radius 2 is 2.19 bits per heavy atom. The van der Waals surface area contributed by atoms with Crippen LogP contribution in [-0.2, 0) is 10.2 Å². The third-order valence-electron chi connectivity index (χ3n) is 2.81. The van der Waals surface area contributed by atoms with Crippen molar-refractivity contribution in [3.05, 3.63) is 0 Å². The molecule has 0 saturated carbocycles. The van der Waals surface area contributed by atoms with Gasteiger partial charge in [0.05, 0.1) is 0 Å². The van der Waals surface area contributed by atoms with E-state index >= 15 is 0 Å². The van der Waals surface area contributed by atoms with Gasteiger partial charge in [-0.2, -0.15) is 12.7 Å². The second kappa shape index (κ2) is 6.54. The topological polar surface area (TPSA) is 61.4 Å². The van der Waals surface area contributed by atoms with Crippen LogP contribution in [-0.4, -0.2) is 44.9 Å². The van der Waals surface area contributed by atoms with E-state index in [1.807, 2.05) is 13.8 Å². The Morgan fingerprint density at radius 3 is 2.69 bits per heavy atom. The van der Waals surface area contributed by atoms with Gasteiger partial charge in [0.1, 0.15) is 0 Å². The molecule has 0 aromatic rings. The van der Waals surface area contributed by atoms with Crippen LogP contribution < -0.4 is 10.0 Å². The van der Waals surface area contributed by atoms with E-state index in [2.05, 4.69) is 10.0 Å². The summed E-state index contributed by atoms with van der Waals surface area (Å²) in [5, 5.41) is 3.32. The first-order valence-corrected chi connectivity index (χ1v) is 7.52. The van der Waals surface area contributed by atoms with E-state index in [0.29, 0.717) is 25.7 Å². The van der Waals surface area contributed by atoms with Crippen LogP contribution in [0.3, 0.4) is 0 Å². The van der Waals surface area contributed by atoms with Crippen LogP contribution in [0, 0.1) is 0 Å². The molecular weight excluding hydrogens is 226 g/mol. The standard InChI is InChI=1S/C10H23N3O2S/c1-3-7-12-16(14,15)13(4-2)9-10-6-5-8-11-10/h10-12H,3-9H2,1-2H3. The maximum Gasteiger partial charge on any atom is 0.279 e. The molecule has 6 heteroatoms. The second-order valence-corrected chi connectivity index (χ2v) is 5.90. The Bertz CT molecular complexity index is 286. The fourth-order valence-corrected chi connectivity index (χ4v) is 3.24. The molecule has 1 saturated heterocycles. The van der Waals surface area contributed by atoms with Gasteiger partial charge in [-0.1, -0.05) is 13.8 Å². The van der Waals surface area contributed by atoms with Crippen molar-refractivity contribution in [2.45, 2.75) is 39.2 Å². The van der Waals surface area contributed by atoms with Gasteiger partial charge in [0.15, 0.2) is 0 Å². The Morgan fingerprint density at radius 1 is 1.44 bits per heavy atom. The maximum atomic E-state index is 11.9. The van der Waals surface area contributed by atoms with Crippen molar-refractivity contribution in [2.75, 3.05) is 26.2 Å². The lowest BCUT2D eigenvalue weighted by Gasteiger charge is -2.23. The SMILES string of the molecule is CCCNS(=O)(=O)N(CC)CC1CCCN1. The van der Waals surface area contributed by atoms with E-state index in [1.54, 1.807) is 0 Å². The minimum atomic E-state index is -3.28. The highest BCUT2D eigenvalue weighted by molar-refractivity contribution is 7.87. The predicted octanol–water partition coefficient (Wildman–Crippen LogP) is 0.305. The molecule has 0 amide bonds. The van der Waals surface area contributed by atoms with Crippen LogP contribution in [0.25, 0.3) is 0 Å². The van der Waals surface area contributed by atoms with Crippen LogP contribution in [0.4, 0.5) is 0 Å². The number of rotatable bonds is 7. The van der Waals surface area contributed by atoms with Crippen LogP contribution >= 0.6 is 0 Å². The van der Waals surface area contributed by atoms with Crippen LogP contribution in [0.1, 0.15) is 33.1 Å². The van der Waals surface area contributed by atoms with E-state index < -0.39 is 10.2 Å². The average molecular weight is 249 g/mol. The summed E-state index contributed by atoms with van der Waals surface area (Å²) in [5.74, 6) is 0. The Balaban J connectivity index is 2.51. The highest BCUT2D eigenvalue weighted by Crippen LogP contribution is 2.09. The Kier molecular flexibility index (Phi) is 5.68. The Labute approximate surface area is 98.8 Å². The second-order valence-electron chi connectivity index (χ2n) is 4.14. The van der Waals surface area contributed by atoms with Gasteiger partial charge in [-0.25, -0.2) is 4.72 Å². The van der Waals surface area contributed by atoms with Gasteiger partial charge in [0.2, 0.25) is 0 Å². The monoisotopic (exact) mass is 249 g/mol. The van der Waals surface area contributed by atoms with Crippen molar-refractivity contribution in [2.24, 2.45) is 0 Å². The molecule has 1 heterocycles. The average Bonchev–Trinajstić information content (AvgIpc) is 2.75. The van der Waals surface area contributed by atoms with E-state index in [9.17, 15) is 8.42 Å². The fourth-order valence-electron chi connectivity index (χ4n) is 1.88. The summed E-state index contributed by atoms with van der Waals surface area (Å²) in [4.78, 5) is 0. The summed E-state index contributed by atoms with van der Waals surface area (Å²) in [7, 11) is -3.28. The summed E-state index contributed by atoms with van der Waals surface area (Å²) in [6.45, 7) is 6.45. The van der Waals surface area contributed by atoms with Gasteiger partial charge in [0.25, 0.3) is 10.2 Å². The molecule has 0 aromatic carbocycles. The van der Waals surface area contributed by atoms with Gasteiger partial charge < -0.3 is 5.32 Å². The number of likely N-dealkylation sites (N-methyl/N-ethyl adjacent to an activating group) is 1. The van der Waals surface area contributed by atoms with Gasteiger partial charge in [-0.3, -0.25) is 0 Å². The third-order valence-corrected chi connectivity index (χ3v) is 4.47. The molecule has 1 fully saturated rings. The van der Waals surface area contributed by atoms with Gasteiger partial charge in [0, 0.05) is 25.7 Å². The van der Waals surface area contributed by atoms with Crippen molar-refractivity contribution in [3.8, 4) is 0 Å². The number of hydrogen-bond acceptors (Lipinski definition) is 3. The quantitative estimate of drug-likeness (QED) is 0.682. The van der Waals surface area contributed by atoms with E-state index in [-0.39, 0.29) is 0 Å². The molecule has 0 aromatic heterocycles. The lowest BCUT2D eigenvalue weighted by atomic mass is 10.2. The summed E-state index contributed by atoms with van der Waals surface area (Å²) < 4.78 is 27.9. The molecular formula is C10H23N3O2S. The smallest absolute Gasteiger partial charge is 0.279 e. The highest BCUT2D eigenvalue weighted by atomic mass is 32.2. The molecule has 1 aliphatic heterocycles. The zero-order valence-corrected chi connectivity index (χ0v) is 11.0. The molecule has 1 atom stereocenters. The minimum absolute atomic E-state index is 0.318. The number of nitrogens with one attached hydrogen (secondary N) is 2. The van der Waals surface area contributed by atoms with Crippen LogP contribution in [0.5, 0.6) is 0 Å². The third kappa shape index (κ3) is 4.01. The summed E-state index contributed by atoms with van der Waals surface area (Å²) >= 11 is 0. The van der Waals surface area contributed by atoms with Crippen molar-refractivity contribution in [3.63, 3.8) is 0 Å². The molecule has 96 valence electrons. The molecule has 0 bridgehead atoms. The fraction of sp³-hybridized carbons (Fsp3) is 1.00. The van der Waals surface area contributed by atoms with E-state index in [1.165, 1.54) is 4.31 Å². The number of nitrogens with zero attached hydrogens (tertiary/aromatic N) is 1. The number of hydrogen-bond donors (Lipinski definition) is 2. The molecule has 1 unspecified atom stereocenters. The first-order chi connectivity index (χ1) is 7.60. The Hall–Kier alpha value is -0.170. The van der Waals surface area contributed by atoms with Gasteiger partial charge in [-0.15, -0.1) is 0 Å². The molecule has 0 spiro atoms. The molecule has 5 nitrogen and oxygen atoms in total. The molecule has 0 aliphatic carbocycles. The molecule has 2 N–H and O–H groups in total. The summed E-state index contributed by atoms with van der Waals surface area (Å²) in [6, 6.07) is 0.318. The maximum absolute atomic E-state index is 11.9. The lowest BCUT2D eigenvalue weighted by molar-refractivity contribution is 0.377. The van der Waals surface area contributed by atoms with Crippen LogP contribution in [0.15, 0.2) is 0 Å². The predicted molar refractivity (Wildman–Crippen MR) is 65.5 cm³/mol. The zero-order valence-electron chi connectivity index (χ0n) is 10.2. The first-order valence-electron chi connectivity index (χ1n) is 6.08. The van der Waals surface area contributed by atoms with E-state index in [4.69, 9.17) is 0 Å². The largest absolute Gasteiger partial charge is 0.313 e. The van der Waals surface area contributed by atoms with Crippen molar-refractivity contribution < 1.29 is 8.42 Å². The molecule has 16 heavy (non-hydrogen) atoms. The van der Waals surface area contributed by atoms with E-state index in [0.717, 1.165) is 25.8 Å². The van der Waals surface area contributed by atoms with Crippen molar-refractivity contribution in [1.29, 1.82) is 0 Å². The summed E-state index contributed by atoms with van der Waals surface area (Å²) in [6.07, 6.45) is 3.03. The van der Waals surface area contributed by atoms with Gasteiger partial charge in [-0.05, 0) is 25.8 Å². The zero-order chi connectivity index (χ0) is 12.0. The highest BCUT2D eigenvalue weighted by Gasteiger charge is 2.24. The molecule has 1 rings (SSSR count).